The number of benzene rings is 3. The molecular formula is C19H16O2Si. The van der Waals surface area contributed by atoms with Crippen LogP contribution < -0.4 is 14.8 Å². The Bertz CT molecular complexity index is 732. The number of hydrogen-bond donors (Lipinski definition) is 0. The highest BCUT2D eigenvalue weighted by molar-refractivity contribution is 6.93. The number of fused-ring (bicyclic) bond motifs is 1. The first-order valence-electron chi connectivity index (χ1n) is 7.40. The molecule has 1 aliphatic rings. The van der Waals surface area contributed by atoms with Crippen molar-refractivity contribution >= 4 is 18.9 Å². The first kappa shape index (κ1) is 13.3. The van der Waals surface area contributed by atoms with E-state index in [1.165, 1.54) is 0 Å². The molecule has 3 aromatic rings. The minimum Gasteiger partial charge on any atom is -0.514 e. The molecule has 4 rings (SSSR count). The molecule has 0 saturated carbocycles. The van der Waals surface area contributed by atoms with Crippen molar-refractivity contribution in [1.82, 2.24) is 0 Å². The molecule has 0 saturated heterocycles. The first-order valence-corrected chi connectivity index (χ1v) is 9.22. The summed E-state index contributed by atoms with van der Waals surface area (Å²) in [6, 6.07) is 28.8. The molecule has 2 nitrogen and oxygen atoms in total. The monoisotopic (exact) mass is 304 g/mol. The van der Waals surface area contributed by atoms with E-state index in [2.05, 4.69) is 30.3 Å². The maximum atomic E-state index is 6.51. The van der Waals surface area contributed by atoms with Crippen LogP contribution in [0.1, 0.15) is 5.56 Å². The van der Waals surface area contributed by atoms with Crippen LogP contribution in [0, 0.1) is 0 Å². The lowest BCUT2D eigenvalue weighted by molar-refractivity contribution is 0.223. The van der Waals surface area contributed by atoms with Gasteiger partial charge in [-0.05, 0) is 6.07 Å². The van der Waals surface area contributed by atoms with Crippen molar-refractivity contribution in [3.05, 3.63) is 90.5 Å². The van der Waals surface area contributed by atoms with Gasteiger partial charge < -0.3 is 8.85 Å². The van der Waals surface area contributed by atoms with E-state index < -0.39 is 8.56 Å². The number of rotatable bonds is 2. The van der Waals surface area contributed by atoms with E-state index in [-0.39, 0.29) is 0 Å². The number of para-hydroxylation sites is 1. The van der Waals surface area contributed by atoms with Gasteiger partial charge in [0, 0.05) is 15.9 Å². The molecule has 0 amide bonds. The van der Waals surface area contributed by atoms with Gasteiger partial charge in [-0.1, -0.05) is 78.9 Å². The third kappa shape index (κ3) is 2.15. The normalized spacial score (nSPS) is 15.6. The highest BCUT2D eigenvalue weighted by Crippen LogP contribution is 2.28. The van der Waals surface area contributed by atoms with Gasteiger partial charge in [-0.25, -0.2) is 0 Å². The maximum absolute atomic E-state index is 6.51. The largest absolute Gasteiger partial charge is 0.514 e. The third-order valence-electron chi connectivity index (χ3n) is 3.96. The zero-order valence-corrected chi connectivity index (χ0v) is 13.1. The Balaban J connectivity index is 1.89. The van der Waals surface area contributed by atoms with Crippen molar-refractivity contribution in [1.29, 1.82) is 0 Å². The summed E-state index contributed by atoms with van der Waals surface area (Å²) < 4.78 is 12.9. The molecule has 0 unspecified atom stereocenters. The Morgan fingerprint density at radius 1 is 0.636 bits per heavy atom. The molecule has 3 aromatic carbocycles. The third-order valence-corrected chi connectivity index (χ3v) is 7.21. The number of hydrogen-bond acceptors (Lipinski definition) is 2. The summed E-state index contributed by atoms with van der Waals surface area (Å²) in [5.41, 5.74) is 1.11. The van der Waals surface area contributed by atoms with Gasteiger partial charge >= 0.3 is 8.56 Å². The van der Waals surface area contributed by atoms with Gasteiger partial charge in [-0.15, -0.1) is 0 Å². The Hall–Kier alpha value is -2.36. The zero-order valence-electron chi connectivity index (χ0n) is 12.1. The van der Waals surface area contributed by atoms with Crippen molar-refractivity contribution < 1.29 is 8.85 Å². The Morgan fingerprint density at radius 2 is 1.18 bits per heavy atom. The van der Waals surface area contributed by atoms with E-state index in [1.54, 1.807) is 0 Å². The summed E-state index contributed by atoms with van der Waals surface area (Å²) in [5, 5.41) is 2.27. The Morgan fingerprint density at radius 3 is 1.82 bits per heavy atom. The molecule has 0 radical (unpaired) electrons. The molecule has 0 bridgehead atoms. The lowest BCUT2D eigenvalue weighted by atomic mass is 10.2. The maximum Gasteiger partial charge on any atom is 0.469 e. The second-order valence-corrected chi connectivity index (χ2v) is 8.23. The highest BCUT2D eigenvalue weighted by atomic mass is 28.4. The molecule has 1 heterocycles. The lowest BCUT2D eigenvalue weighted by Crippen LogP contribution is -2.66. The fourth-order valence-electron chi connectivity index (χ4n) is 2.85. The molecule has 0 atom stereocenters. The van der Waals surface area contributed by atoms with E-state index >= 15 is 0 Å². The predicted molar refractivity (Wildman–Crippen MR) is 89.8 cm³/mol. The molecule has 0 N–H and O–H groups in total. The summed E-state index contributed by atoms with van der Waals surface area (Å²) in [6.07, 6.45) is 0. The van der Waals surface area contributed by atoms with Gasteiger partial charge in [-0.2, -0.15) is 0 Å². The van der Waals surface area contributed by atoms with Crippen molar-refractivity contribution in [3.8, 4) is 5.75 Å². The van der Waals surface area contributed by atoms with Gasteiger partial charge in [-0.3, -0.25) is 0 Å². The van der Waals surface area contributed by atoms with Gasteiger partial charge in [0.1, 0.15) is 5.75 Å². The van der Waals surface area contributed by atoms with Crippen LogP contribution in [-0.4, -0.2) is 8.56 Å². The first-order chi connectivity index (χ1) is 10.9. The molecule has 1 aliphatic heterocycles. The smallest absolute Gasteiger partial charge is 0.469 e. The zero-order chi connectivity index (χ0) is 14.8. The summed E-state index contributed by atoms with van der Waals surface area (Å²) in [5.74, 6) is 0.938. The Labute approximate surface area is 131 Å². The van der Waals surface area contributed by atoms with E-state index in [1.807, 2.05) is 54.6 Å². The molecular weight excluding hydrogens is 288 g/mol. The van der Waals surface area contributed by atoms with Crippen LogP contribution in [0.5, 0.6) is 5.75 Å². The average molecular weight is 304 g/mol. The van der Waals surface area contributed by atoms with Crippen LogP contribution in [0.25, 0.3) is 0 Å². The minimum atomic E-state index is -2.69. The standard InChI is InChI=1S/C19H16O2Si/c1-3-10-17(11-4-1)22(18-12-5-2-6-13-18)20-15-16-9-7-8-14-19(16)21-22/h1-14H,15H2. The van der Waals surface area contributed by atoms with Crippen LogP contribution in [0.4, 0.5) is 0 Å². The van der Waals surface area contributed by atoms with Crippen molar-refractivity contribution in [2.24, 2.45) is 0 Å². The molecule has 0 aliphatic carbocycles. The lowest BCUT2D eigenvalue weighted by Gasteiger charge is -2.36. The molecule has 3 heteroatoms. The predicted octanol–water partition coefficient (Wildman–Crippen LogP) is 2.85. The van der Waals surface area contributed by atoms with Crippen LogP contribution in [0.2, 0.25) is 0 Å². The van der Waals surface area contributed by atoms with Crippen LogP contribution in [0.3, 0.4) is 0 Å². The second-order valence-electron chi connectivity index (χ2n) is 5.35. The molecule has 0 aromatic heterocycles. The van der Waals surface area contributed by atoms with E-state index in [9.17, 15) is 0 Å². The molecule has 0 fully saturated rings. The van der Waals surface area contributed by atoms with E-state index in [4.69, 9.17) is 8.85 Å². The Kier molecular flexibility index (Phi) is 3.29. The van der Waals surface area contributed by atoms with Gasteiger partial charge in [0.2, 0.25) is 0 Å². The fraction of sp³-hybridized carbons (Fsp3) is 0.0526. The van der Waals surface area contributed by atoms with Gasteiger partial charge in [0.25, 0.3) is 0 Å². The van der Waals surface area contributed by atoms with E-state index in [0.717, 1.165) is 21.7 Å². The van der Waals surface area contributed by atoms with Gasteiger partial charge in [0.05, 0.1) is 6.61 Å². The fourth-order valence-corrected chi connectivity index (χ4v) is 5.94. The SMILES string of the molecule is c1ccc([Si]2(c3ccccc3)OCc3ccccc3O2)cc1. The topological polar surface area (TPSA) is 18.5 Å². The van der Waals surface area contributed by atoms with Crippen LogP contribution >= 0.6 is 0 Å². The summed E-state index contributed by atoms with van der Waals surface area (Å²) in [6.45, 7) is 0.589. The molecule has 0 spiro atoms. The highest BCUT2D eigenvalue weighted by Gasteiger charge is 2.47. The molecule has 22 heavy (non-hydrogen) atoms. The summed E-state index contributed by atoms with van der Waals surface area (Å²) in [4.78, 5) is 0. The summed E-state index contributed by atoms with van der Waals surface area (Å²) in [7, 11) is -2.69. The van der Waals surface area contributed by atoms with E-state index in [0.29, 0.717) is 6.61 Å². The van der Waals surface area contributed by atoms with Crippen LogP contribution in [0.15, 0.2) is 84.9 Å². The minimum absolute atomic E-state index is 0.589. The van der Waals surface area contributed by atoms with Crippen molar-refractivity contribution in [2.75, 3.05) is 0 Å². The van der Waals surface area contributed by atoms with Crippen molar-refractivity contribution in [2.45, 2.75) is 6.61 Å². The molecule has 108 valence electrons. The average Bonchev–Trinajstić information content (AvgIpc) is 2.63. The summed E-state index contributed by atoms with van der Waals surface area (Å²) >= 11 is 0. The van der Waals surface area contributed by atoms with Crippen molar-refractivity contribution in [3.63, 3.8) is 0 Å². The van der Waals surface area contributed by atoms with Crippen LogP contribution in [-0.2, 0) is 11.0 Å². The van der Waals surface area contributed by atoms with Gasteiger partial charge in [0.15, 0.2) is 0 Å². The quantitative estimate of drug-likeness (QED) is 0.678. The second kappa shape index (κ2) is 5.44.